The molecule has 2 aliphatic rings. The molecule has 1 aliphatic carbocycles. The molecule has 4 heteroatoms. The van der Waals surface area contributed by atoms with Gasteiger partial charge < -0.3 is 5.32 Å². The number of nitrogens with one attached hydrogen (secondary N) is 1. The van der Waals surface area contributed by atoms with Crippen LogP contribution in [0.5, 0.6) is 0 Å². The third kappa shape index (κ3) is 2.31. The van der Waals surface area contributed by atoms with Crippen molar-refractivity contribution >= 4 is 0 Å². The van der Waals surface area contributed by atoms with Gasteiger partial charge in [-0.2, -0.15) is 0 Å². The SMILES string of the molecule is c1cncc(Cc2nc3c(c(C4CC4)n2)CNCC3)c1. The fraction of sp³-hybridized carbons (Fsp3) is 0.438. The van der Waals surface area contributed by atoms with Crippen LogP contribution in [0, 0.1) is 0 Å². The van der Waals surface area contributed by atoms with Gasteiger partial charge in [0.2, 0.25) is 0 Å². The molecule has 1 N–H and O–H groups in total. The molecule has 4 nitrogen and oxygen atoms in total. The summed E-state index contributed by atoms with van der Waals surface area (Å²) in [4.78, 5) is 13.8. The monoisotopic (exact) mass is 266 g/mol. The van der Waals surface area contributed by atoms with Gasteiger partial charge in [-0.15, -0.1) is 0 Å². The third-order valence-corrected chi connectivity index (χ3v) is 4.06. The first kappa shape index (κ1) is 12.0. The van der Waals surface area contributed by atoms with Crippen LogP contribution in [0.15, 0.2) is 24.5 Å². The lowest BCUT2D eigenvalue weighted by Crippen LogP contribution is -2.27. The minimum Gasteiger partial charge on any atom is -0.312 e. The minimum atomic E-state index is 0.680. The lowest BCUT2D eigenvalue weighted by molar-refractivity contribution is 0.610. The highest BCUT2D eigenvalue weighted by atomic mass is 15.0. The molecule has 0 aromatic carbocycles. The van der Waals surface area contributed by atoms with Crippen LogP contribution in [0.2, 0.25) is 0 Å². The van der Waals surface area contributed by atoms with Gasteiger partial charge in [-0.3, -0.25) is 4.98 Å². The van der Waals surface area contributed by atoms with Gasteiger partial charge in [0.05, 0.1) is 11.4 Å². The third-order valence-electron chi connectivity index (χ3n) is 4.06. The van der Waals surface area contributed by atoms with E-state index in [-0.39, 0.29) is 0 Å². The standard InChI is InChI=1S/C16H18N4/c1-2-11(9-17-6-1)8-15-19-14-5-7-18-10-13(14)16(20-15)12-3-4-12/h1-2,6,9,12,18H,3-5,7-8,10H2. The van der Waals surface area contributed by atoms with Crippen LogP contribution in [0.3, 0.4) is 0 Å². The predicted octanol–water partition coefficient (Wildman–Crippen LogP) is 1.99. The maximum Gasteiger partial charge on any atom is 0.133 e. The summed E-state index contributed by atoms with van der Waals surface area (Å²) in [5.41, 5.74) is 5.12. The second kappa shape index (κ2) is 4.94. The molecule has 0 bridgehead atoms. The molecule has 0 radical (unpaired) electrons. The Hall–Kier alpha value is -1.81. The summed E-state index contributed by atoms with van der Waals surface area (Å²) in [6, 6.07) is 4.06. The van der Waals surface area contributed by atoms with Crippen LogP contribution >= 0.6 is 0 Å². The molecule has 1 saturated carbocycles. The van der Waals surface area contributed by atoms with Crippen molar-refractivity contribution in [1.29, 1.82) is 0 Å². The van der Waals surface area contributed by atoms with Gasteiger partial charge in [0.25, 0.3) is 0 Å². The summed E-state index contributed by atoms with van der Waals surface area (Å²) in [5, 5.41) is 3.44. The topological polar surface area (TPSA) is 50.7 Å². The zero-order valence-electron chi connectivity index (χ0n) is 11.5. The number of hydrogen-bond donors (Lipinski definition) is 1. The Kier molecular flexibility index (Phi) is 2.96. The molecule has 102 valence electrons. The summed E-state index contributed by atoms with van der Waals surface area (Å²) in [5.74, 6) is 1.64. The first-order valence-corrected chi connectivity index (χ1v) is 7.38. The van der Waals surface area contributed by atoms with Crippen LogP contribution in [-0.2, 0) is 19.4 Å². The van der Waals surface area contributed by atoms with E-state index in [2.05, 4.69) is 16.4 Å². The summed E-state index contributed by atoms with van der Waals surface area (Å²) in [6.07, 6.45) is 8.09. The van der Waals surface area contributed by atoms with Gasteiger partial charge in [0, 0.05) is 49.8 Å². The van der Waals surface area contributed by atoms with E-state index in [4.69, 9.17) is 9.97 Å². The van der Waals surface area contributed by atoms with E-state index in [0.717, 1.165) is 31.8 Å². The summed E-state index contributed by atoms with van der Waals surface area (Å²) in [6.45, 7) is 1.97. The van der Waals surface area contributed by atoms with Crippen molar-refractivity contribution in [2.24, 2.45) is 0 Å². The van der Waals surface area contributed by atoms with Crippen molar-refractivity contribution in [2.75, 3.05) is 6.54 Å². The van der Waals surface area contributed by atoms with Crippen molar-refractivity contribution in [1.82, 2.24) is 20.3 Å². The highest BCUT2D eigenvalue weighted by Crippen LogP contribution is 2.41. The van der Waals surface area contributed by atoms with E-state index in [1.165, 1.54) is 35.4 Å². The number of rotatable bonds is 3. The number of nitrogens with zero attached hydrogens (tertiary/aromatic N) is 3. The molecule has 0 spiro atoms. The Morgan fingerprint density at radius 3 is 3.00 bits per heavy atom. The Labute approximate surface area is 118 Å². The van der Waals surface area contributed by atoms with Crippen molar-refractivity contribution in [3.8, 4) is 0 Å². The second-order valence-electron chi connectivity index (χ2n) is 5.69. The van der Waals surface area contributed by atoms with Gasteiger partial charge in [-0.1, -0.05) is 6.07 Å². The van der Waals surface area contributed by atoms with E-state index in [1.807, 2.05) is 12.3 Å². The summed E-state index contributed by atoms with van der Waals surface area (Å²) in [7, 11) is 0. The van der Waals surface area contributed by atoms with E-state index in [0.29, 0.717) is 5.92 Å². The first-order valence-electron chi connectivity index (χ1n) is 7.38. The number of fused-ring (bicyclic) bond motifs is 1. The number of hydrogen-bond acceptors (Lipinski definition) is 4. The molecule has 20 heavy (non-hydrogen) atoms. The average Bonchev–Trinajstić information content (AvgIpc) is 3.32. The highest BCUT2D eigenvalue weighted by Gasteiger charge is 2.30. The number of pyridine rings is 1. The molecular weight excluding hydrogens is 248 g/mol. The molecule has 0 saturated heterocycles. The Morgan fingerprint density at radius 2 is 2.20 bits per heavy atom. The van der Waals surface area contributed by atoms with Crippen LogP contribution in [0.25, 0.3) is 0 Å². The molecule has 2 aromatic rings. The maximum absolute atomic E-state index is 4.86. The lowest BCUT2D eigenvalue weighted by atomic mass is 10.0. The molecule has 4 rings (SSSR count). The van der Waals surface area contributed by atoms with Crippen LogP contribution in [-0.4, -0.2) is 21.5 Å². The fourth-order valence-electron chi connectivity index (χ4n) is 2.88. The van der Waals surface area contributed by atoms with Crippen molar-refractivity contribution in [3.05, 3.63) is 52.9 Å². The van der Waals surface area contributed by atoms with Gasteiger partial charge in [0.1, 0.15) is 5.82 Å². The Bertz CT molecular complexity index is 620. The van der Waals surface area contributed by atoms with E-state index in [1.54, 1.807) is 6.20 Å². The second-order valence-corrected chi connectivity index (χ2v) is 5.69. The van der Waals surface area contributed by atoms with Crippen LogP contribution in [0.4, 0.5) is 0 Å². The van der Waals surface area contributed by atoms with E-state index >= 15 is 0 Å². The molecule has 1 aliphatic heterocycles. The molecule has 0 atom stereocenters. The van der Waals surface area contributed by atoms with Gasteiger partial charge >= 0.3 is 0 Å². The van der Waals surface area contributed by atoms with E-state index in [9.17, 15) is 0 Å². The first-order chi connectivity index (χ1) is 9.90. The maximum atomic E-state index is 4.86. The number of aromatic nitrogens is 3. The smallest absolute Gasteiger partial charge is 0.133 e. The Balaban J connectivity index is 1.71. The highest BCUT2D eigenvalue weighted by molar-refractivity contribution is 5.33. The van der Waals surface area contributed by atoms with Crippen LogP contribution < -0.4 is 5.32 Å². The normalized spacial score (nSPS) is 17.8. The predicted molar refractivity (Wildman–Crippen MR) is 76.5 cm³/mol. The molecule has 0 amide bonds. The van der Waals surface area contributed by atoms with Gasteiger partial charge in [-0.25, -0.2) is 9.97 Å². The molecular formula is C16H18N4. The van der Waals surface area contributed by atoms with Crippen molar-refractivity contribution < 1.29 is 0 Å². The van der Waals surface area contributed by atoms with Crippen molar-refractivity contribution in [2.45, 2.75) is 38.1 Å². The van der Waals surface area contributed by atoms with E-state index < -0.39 is 0 Å². The largest absolute Gasteiger partial charge is 0.312 e. The van der Waals surface area contributed by atoms with Gasteiger partial charge in [-0.05, 0) is 24.5 Å². The Morgan fingerprint density at radius 1 is 1.25 bits per heavy atom. The zero-order valence-corrected chi connectivity index (χ0v) is 11.5. The average molecular weight is 266 g/mol. The van der Waals surface area contributed by atoms with Crippen molar-refractivity contribution in [3.63, 3.8) is 0 Å². The lowest BCUT2D eigenvalue weighted by Gasteiger charge is -2.20. The molecule has 0 unspecified atom stereocenters. The minimum absolute atomic E-state index is 0.680. The molecule has 2 aromatic heterocycles. The fourth-order valence-corrected chi connectivity index (χ4v) is 2.88. The quantitative estimate of drug-likeness (QED) is 0.923. The summed E-state index contributed by atoms with van der Waals surface area (Å²) >= 11 is 0. The zero-order chi connectivity index (χ0) is 13.4. The van der Waals surface area contributed by atoms with Gasteiger partial charge in [0.15, 0.2) is 0 Å². The van der Waals surface area contributed by atoms with Crippen LogP contribution in [0.1, 0.15) is 47.1 Å². The molecule has 3 heterocycles. The summed E-state index contributed by atoms with van der Waals surface area (Å²) < 4.78 is 0. The molecule has 1 fully saturated rings.